The molecule has 0 aliphatic rings. The molecule has 2 aromatic rings. The molecule has 0 saturated heterocycles. The van der Waals surface area contributed by atoms with Crippen LogP contribution < -0.4 is 5.73 Å². The Balaban J connectivity index is 2.07. The van der Waals surface area contributed by atoms with Crippen LogP contribution in [0, 0.1) is 0 Å². The normalized spacial score (nSPS) is 12.9. The minimum Gasteiger partial charge on any atom is -0.337 e. The molecule has 0 amide bonds. The van der Waals surface area contributed by atoms with Gasteiger partial charge < -0.3 is 10.3 Å². The summed E-state index contributed by atoms with van der Waals surface area (Å²) in [6.07, 6.45) is 3.10. The lowest BCUT2D eigenvalue weighted by molar-refractivity contribution is 0.346. The summed E-state index contributed by atoms with van der Waals surface area (Å²) in [6.45, 7) is 2.14. The fourth-order valence-electron chi connectivity index (χ4n) is 1.44. The summed E-state index contributed by atoms with van der Waals surface area (Å²) in [5.41, 5.74) is 6.94. The van der Waals surface area contributed by atoms with Gasteiger partial charge >= 0.3 is 0 Å². The first-order valence-electron chi connectivity index (χ1n) is 5.43. The van der Waals surface area contributed by atoms with E-state index in [9.17, 15) is 0 Å². The van der Waals surface area contributed by atoms with Gasteiger partial charge in [-0.3, -0.25) is 0 Å². The largest absolute Gasteiger partial charge is 0.337 e. The van der Waals surface area contributed by atoms with Gasteiger partial charge in [0.25, 0.3) is 0 Å². The van der Waals surface area contributed by atoms with Gasteiger partial charge in [0.05, 0.1) is 6.04 Å². The molecule has 0 aromatic carbocycles. The van der Waals surface area contributed by atoms with E-state index in [2.05, 4.69) is 17.1 Å². The van der Waals surface area contributed by atoms with Gasteiger partial charge in [0.15, 0.2) is 0 Å². The van der Waals surface area contributed by atoms with E-state index in [1.165, 1.54) is 0 Å². The summed E-state index contributed by atoms with van der Waals surface area (Å²) < 4.78 is 5.17. The van der Waals surface area contributed by atoms with E-state index in [0.29, 0.717) is 11.7 Å². The second-order valence-corrected chi connectivity index (χ2v) is 4.50. The molecule has 2 N–H and O–H groups in total. The first-order chi connectivity index (χ1) is 7.81. The molecular formula is C11H15N3OS. The summed E-state index contributed by atoms with van der Waals surface area (Å²) >= 11 is 1.61. The van der Waals surface area contributed by atoms with Crippen molar-refractivity contribution in [1.29, 1.82) is 0 Å². The van der Waals surface area contributed by atoms with E-state index in [1.54, 1.807) is 11.3 Å². The molecule has 5 heteroatoms. The van der Waals surface area contributed by atoms with Crippen LogP contribution in [-0.2, 0) is 0 Å². The van der Waals surface area contributed by atoms with Crippen molar-refractivity contribution in [2.75, 3.05) is 0 Å². The number of rotatable bonds is 5. The third-order valence-corrected chi connectivity index (χ3v) is 3.09. The van der Waals surface area contributed by atoms with Gasteiger partial charge in [-0.25, -0.2) is 0 Å². The Hall–Kier alpha value is -1.20. The van der Waals surface area contributed by atoms with Crippen molar-refractivity contribution in [3.8, 4) is 11.4 Å². The highest BCUT2D eigenvalue weighted by atomic mass is 32.1. The Morgan fingerprint density at radius 3 is 3.12 bits per heavy atom. The molecule has 0 spiro atoms. The second-order valence-electron chi connectivity index (χ2n) is 3.72. The number of aromatic nitrogens is 2. The Bertz CT molecular complexity index is 424. The second kappa shape index (κ2) is 5.23. The Labute approximate surface area is 98.5 Å². The van der Waals surface area contributed by atoms with Crippen LogP contribution in [0.15, 0.2) is 21.3 Å². The molecule has 0 saturated carbocycles. The minimum atomic E-state index is -0.139. The summed E-state index contributed by atoms with van der Waals surface area (Å²) in [7, 11) is 0. The number of nitrogens with zero attached hydrogens (tertiary/aromatic N) is 2. The van der Waals surface area contributed by atoms with Crippen molar-refractivity contribution in [2.45, 2.75) is 32.2 Å². The van der Waals surface area contributed by atoms with E-state index in [1.807, 2.05) is 16.8 Å². The van der Waals surface area contributed by atoms with Gasteiger partial charge in [0.2, 0.25) is 11.7 Å². The molecule has 1 atom stereocenters. The summed E-state index contributed by atoms with van der Waals surface area (Å²) in [5, 5.41) is 7.91. The van der Waals surface area contributed by atoms with Gasteiger partial charge in [-0.2, -0.15) is 16.3 Å². The van der Waals surface area contributed by atoms with Crippen LogP contribution in [0.1, 0.15) is 38.1 Å². The van der Waals surface area contributed by atoms with E-state index in [0.717, 1.165) is 24.8 Å². The standard InChI is InChI=1S/C11H15N3OS/c1-2-3-4-9(12)11-13-10(14-15-11)8-5-6-16-7-8/h5-7,9H,2-4,12H2,1H3. The van der Waals surface area contributed by atoms with Gasteiger partial charge in [0, 0.05) is 10.9 Å². The van der Waals surface area contributed by atoms with Gasteiger partial charge in [0.1, 0.15) is 0 Å². The molecule has 4 nitrogen and oxygen atoms in total. The highest BCUT2D eigenvalue weighted by Gasteiger charge is 2.15. The highest BCUT2D eigenvalue weighted by Crippen LogP contribution is 2.21. The van der Waals surface area contributed by atoms with Crippen molar-refractivity contribution in [1.82, 2.24) is 10.1 Å². The first kappa shape index (κ1) is 11.3. The molecule has 0 aliphatic carbocycles. The number of unbranched alkanes of at least 4 members (excludes halogenated alkanes) is 1. The zero-order valence-electron chi connectivity index (χ0n) is 9.22. The van der Waals surface area contributed by atoms with Crippen molar-refractivity contribution in [2.24, 2.45) is 5.73 Å². The zero-order valence-corrected chi connectivity index (χ0v) is 10.0. The highest BCUT2D eigenvalue weighted by molar-refractivity contribution is 7.08. The first-order valence-corrected chi connectivity index (χ1v) is 6.37. The summed E-state index contributed by atoms with van der Waals surface area (Å²) in [5.74, 6) is 1.16. The van der Waals surface area contributed by atoms with Crippen molar-refractivity contribution >= 4 is 11.3 Å². The van der Waals surface area contributed by atoms with E-state index >= 15 is 0 Å². The Kier molecular flexibility index (Phi) is 3.69. The molecule has 2 aromatic heterocycles. The predicted molar refractivity (Wildman–Crippen MR) is 64.1 cm³/mol. The lowest BCUT2D eigenvalue weighted by Crippen LogP contribution is -2.10. The fraction of sp³-hybridized carbons (Fsp3) is 0.455. The van der Waals surface area contributed by atoms with E-state index in [-0.39, 0.29) is 6.04 Å². The average molecular weight is 237 g/mol. The number of hydrogen-bond donors (Lipinski definition) is 1. The van der Waals surface area contributed by atoms with Crippen molar-refractivity contribution in [3.05, 3.63) is 22.7 Å². The fourth-order valence-corrected chi connectivity index (χ4v) is 2.08. The summed E-state index contributed by atoms with van der Waals surface area (Å²) in [6, 6.07) is 1.83. The topological polar surface area (TPSA) is 64.9 Å². The van der Waals surface area contributed by atoms with Crippen LogP contribution in [-0.4, -0.2) is 10.1 Å². The van der Waals surface area contributed by atoms with Gasteiger partial charge in [-0.15, -0.1) is 0 Å². The SMILES string of the molecule is CCCCC(N)c1nc(-c2ccsc2)no1. The maximum absolute atomic E-state index is 5.95. The molecule has 2 heterocycles. The number of thiophene rings is 1. The van der Waals surface area contributed by atoms with Gasteiger partial charge in [-0.05, 0) is 17.9 Å². The molecule has 16 heavy (non-hydrogen) atoms. The molecule has 0 bridgehead atoms. The third kappa shape index (κ3) is 2.48. The molecular weight excluding hydrogens is 222 g/mol. The molecule has 0 fully saturated rings. The monoisotopic (exact) mass is 237 g/mol. The zero-order chi connectivity index (χ0) is 11.4. The van der Waals surface area contributed by atoms with Gasteiger partial charge in [-0.1, -0.05) is 24.9 Å². The van der Waals surface area contributed by atoms with Crippen LogP contribution in [0.2, 0.25) is 0 Å². The van der Waals surface area contributed by atoms with E-state index < -0.39 is 0 Å². The smallest absolute Gasteiger partial charge is 0.243 e. The van der Waals surface area contributed by atoms with E-state index in [4.69, 9.17) is 10.3 Å². The van der Waals surface area contributed by atoms with Crippen LogP contribution in [0.3, 0.4) is 0 Å². The van der Waals surface area contributed by atoms with Crippen molar-refractivity contribution in [3.63, 3.8) is 0 Å². The molecule has 1 unspecified atom stereocenters. The van der Waals surface area contributed by atoms with Crippen LogP contribution >= 0.6 is 11.3 Å². The van der Waals surface area contributed by atoms with Crippen LogP contribution in [0.5, 0.6) is 0 Å². The minimum absolute atomic E-state index is 0.139. The predicted octanol–water partition coefficient (Wildman–Crippen LogP) is 2.99. The average Bonchev–Trinajstić information content (AvgIpc) is 2.94. The van der Waals surface area contributed by atoms with Crippen molar-refractivity contribution < 1.29 is 4.52 Å². The Morgan fingerprint density at radius 2 is 2.44 bits per heavy atom. The number of hydrogen-bond acceptors (Lipinski definition) is 5. The molecule has 0 aliphatic heterocycles. The lowest BCUT2D eigenvalue weighted by atomic mass is 10.1. The maximum atomic E-state index is 5.95. The molecule has 0 radical (unpaired) electrons. The van der Waals surface area contributed by atoms with Crippen LogP contribution in [0.4, 0.5) is 0 Å². The van der Waals surface area contributed by atoms with Crippen LogP contribution in [0.25, 0.3) is 11.4 Å². The molecule has 2 rings (SSSR count). The Morgan fingerprint density at radius 1 is 1.56 bits per heavy atom. The number of nitrogens with two attached hydrogens (primary N) is 1. The molecule has 86 valence electrons. The lowest BCUT2D eigenvalue weighted by Gasteiger charge is -2.03. The quantitative estimate of drug-likeness (QED) is 0.868. The maximum Gasteiger partial charge on any atom is 0.243 e. The third-order valence-electron chi connectivity index (χ3n) is 2.41. The summed E-state index contributed by atoms with van der Waals surface area (Å²) in [4.78, 5) is 4.31.